The maximum absolute atomic E-state index is 12.4. The van der Waals surface area contributed by atoms with Gasteiger partial charge >= 0.3 is 6.36 Å². The molecule has 0 saturated heterocycles. The molecule has 0 bridgehead atoms. The van der Waals surface area contributed by atoms with Gasteiger partial charge in [0.15, 0.2) is 11.0 Å². The SMILES string of the molecule is N#Cc1c(Nc2ccc(OC(F)(F)F)cc2)nc(SCc2ccccc2)nc1-c1cccnc1. The normalized spacial score (nSPS) is 11.0. The van der Waals surface area contributed by atoms with Crippen molar-refractivity contribution in [3.05, 3.63) is 90.3 Å². The number of aromatic nitrogens is 3. The van der Waals surface area contributed by atoms with Crippen molar-refractivity contribution in [2.75, 3.05) is 5.32 Å². The Hall–Kier alpha value is -4.10. The standard InChI is InChI=1S/C24H16F3N5OS/c25-24(26,27)33-19-10-8-18(9-11-19)30-22-20(13-28)21(17-7-4-12-29-14-17)31-23(32-22)34-15-16-5-2-1-3-6-16/h1-12,14H,15H2,(H,30,31,32). The summed E-state index contributed by atoms with van der Waals surface area (Å²) in [5.74, 6) is 0.495. The molecule has 10 heteroatoms. The molecule has 0 aliphatic heterocycles. The van der Waals surface area contributed by atoms with Gasteiger partial charge in [0.05, 0.1) is 5.69 Å². The van der Waals surface area contributed by atoms with Gasteiger partial charge in [-0.15, -0.1) is 13.2 Å². The molecule has 0 saturated carbocycles. The Bertz CT molecular complexity index is 1290. The summed E-state index contributed by atoms with van der Waals surface area (Å²) in [6.45, 7) is 0. The lowest BCUT2D eigenvalue weighted by molar-refractivity contribution is -0.274. The van der Waals surface area contributed by atoms with E-state index < -0.39 is 6.36 Å². The van der Waals surface area contributed by atoms with Crippen LogP contribution in [0.1, 0.15) is 11.1 Å². The number of rotatable bonds is 7. The lowest BCUT2D eigenvalue weighted by atomic mass is 10.1. The van der Waals surface area contributed by atoms with E-state index in [4.69, 9.17) is 0 Å². The molecule has 0 amide bonds. The van der Waals surface area contributed by atoms with E-state index in [1.807, 2.05) is 30.3 Å². The van der Waals surface area contributed by atoms with Crippen LogP contribution >= 0.6 is 11.8 Å². The van der Waals surface area contributed by atoms with Crippen molar-refractivity contribution >= 4 is 23.3 Å². The number of halogens is 3. The number of pyridine rings is 1. The molecule has 2 heterocycles. The van der Waals surface area contributed by atoms with Crippen molar-refractivity contribution in [3.8, 4) is 23.1 Å². The second-order valence-electron chi connectivity index (χ2n) is 6.90. The Balaban J connectivity index is 1.67. The summed E-state index contributed by atoms with van der Waals surface area (Å²) in [6.07, 6.45) is -1.56. The van der Waals surface area contributed by atoms with Crippen LogP contribution in [-0.4, -0.2) is 21.3 Å². The van der Waals surface area contributed by atoms with Crippen molar-refractivity contribution in [2.24, 2.45) is 0 Å². The zero-order chi connectivity index (χ0) is 24.0. The highest BCUT2D eigenvalue weighted by Gasteiger charge is 2.31. The van der Waals surface area contributed by atoms with Gasteiger partial charge in [0.2, 0.25) is 0 Å². The molecule has 0 spiro atoms. The summed E-state index contributed by atoms with van der Waals surface area (Å²) in [6, 6.07) is 20.6. The van der Waals surface area contributed by atoms with Crippen LogP contribution in [0.5, 0.6) is 5.75 Å². The number of nitrogens with one attached hydrogen (secondary N) is 1. The zero-order valence-corrected chi connectivity index (χ0v) is 18.3. The smallest absolute Gasteiger partial charge is 0.406 e. The van der Waals surface area contributed by atoms with Crippen molar-refractivity contribution in [1.29, 1.82) is 5.26 Å². The third-order valence-corrected chi connectivity index (χ3v) is 5.42. The topological polar surface area (TPSA) is 83.7 Å². The largest absolute Gasteiger partial charge is 0.573 e. The van der Waals surface area contributed by atoms with Crippen molar-refractivity contribution in [3.63, 3.8) is 0 Å². The predicted octanol–water partition coefficient (Wildman–Crippen LogP) is 6.34. The van der Waals surface area contributed by atoms with Gasteiger partial charge in [-0.2, -0.15) is 5.26 Å². The Labute approximate surface area is 197 Å². The van der Waals surface area contributed by atoms with Crippen molar-refractivity contribution in [1.82, 2.24) is 15.0 Å². The van der Waals surface area contributed by atoms with Crippen molar-refractivity contribution < 1.29 is 17.9 Å². The molecule has 0 unspecified atom stereocenters. The van der Waals surface area contributed by atoms with Gasteiger partial charge in [0.25, 0.3) is 0 Å². The Morgan fingerprint density at radius 1 is 0.971 bits per heavy atom. The molecule has 2 aromatic heterocycles. The van der Waals surface area contributed by atoms with Gasteiger partial charge in [-0.25, -0.2) is 9.97 Å². The number of hydrogen-bond donors (Lipinski definition) is 1. The van der Waals surface area contributed by atoms with Crippen LogP contribution in [0, 0.1) is 11.3 Å². The number of anilines is 2. The molecule has 4 aromatic rings. The second-order valence-corrected chi connectivity index (χ2v) is 7.85. The first-order chi connectivity index (χ1) is 16.4. The van der Waals surface area contributed by atoms with E-state index in [-0.39, 0.29) is 17.1 Å². The van der Waals surface area contributed by atoms with Gasteiger partial charge < -0.3 is 10.1 Å². The van der Waals surface area contributed by atoms with Crippen LogP contribution in [0.4, 0.5) is 24.7 Å². The van der Waals surface area contributed by atoms with E-state index in [0.717, 1.165) is 5.56 Å². The molecule has 0 atom stereocenters. The number of nitrogens with zero attached hydrogens (tertiary/aromatic N) is 4. The summed E-state index contributed by atoms with van der Waals surface area (Å²) in [4.78, 5) is 13.2. The fourth-order valence-corrected chi connectivity index (χ4v) is 3.81. The van der Waals surface area contributed by atoms with Crippen LogP contribution in [0.25, 0.3) is 11.3 Å². The molecule has 34 heavy (non-hydrogen) atoms. The highest BCUT2D eigenvalue weighted by molar-refractivity contribution is 7.98. The molecule has 0 radical (unpaired) electrons. The minimum atomic E-state index is -4.78. The fourth-order valence-electron chi connectivity index (χ4n) is 3.01. The van der Waals surface area contributed by atoms with E-state index in [2.05, 4.69) is 31.1 Å². The number of nitriles is 1. The molecule has 170 valence electrons. The third kappa shape index (κ3) is 6.02. The number of thioether (sulfide) groups is 1. The van der Waals surface area contributed by atoms with Crippen LogP contribution in [0.15, 0.2) is 84.3 Å². The molecule has 0 fully saturated rings. The summed E-state index contributed by atoms with van der Waals surface area (Å²) in [5, 5.41) is 13.3. The van der Waals surface area contributed by atoms with Crippen LogP contribution in [0.2, 0.25) is 0 Å². The summed E-state index contributed by atoms with van der Waals surface area (Å²) in [5.41, 5.74) is 2.74. The number of benzene rings is 2. The van der Waals surface area contributed by atoms with E-state index in [9.17, 15) is 18.4 Å². The van der Waals surface area contributed by atoms with Gasteiger partial charge in [-0.05, 0) is 42.0 Å². The van der Waals surface area contributed by atoms with Gasteiger partial charge in [0.1, 0.15) is 17.4 Å². The lowest BCUT2D eigenvalue weighted by Gasteiger charge is -2.13. The summed E-state index contributed by atoms with van der Waals surface area (Å²) < 4.78 is 41.2. The second kappa shape index (κ2) is 10.2. The molecule has 2 aromatic carbocycles. The lowest BCUT2D eigenvalue weighted by Crippen LogP contribution is -2.17. The molecule has 6 nitrogen and oxygen atoms in total. The van der Waals surface area contributed by atoms with E-state index >= 15 is 0 Å². The van der Waals surface area contributed by atoms with Gasteiger partial charge in [-0.3, -0.25) is 4.98 Å². The Morgan fingerprint density at radius 2 is 1.74 bits per heavy atom. The monoisotopic (exact) mass is 479 g/mol. The molecule has 1 N–H and O–H groups in total. The summed E-state index contributed by atoms with van der Waals surface area (Å²) in [7, 11) is 0. The van der Waals surface area contributed by atoms with Crippen LogP contribution < -0.4 is 10.1 Å². The Morgan fingerprint density at radius 3 is 2.38 bits per heavy atom. The maximum Gasteiger partial charge on any atom is 0.573 e. The number of ether oxygens (including phenoxy) is 1. The van der Waals surface area contributed by atoms with Crippen molar-refractivity contribution in [2.45, 2.75) is 17.3 Å². The Kier molecular flexibility index (Phi) is 6.94. The molecule has 0 aliphatic carbocycles. The highest BCUT2D eigenvalue weighted by Crippen LogP contribution is 2.32. The fraction of sp³-hybridized carbons (Fsp3) is 0.0833. The van der Waals surface area contributed by atoms with Gasteiger partial charge in [0, 0.05) is 29.4 Å². The van der Waals surface area contributed by atoms with E-state index in [1.54, 1.807) is 24.5 Å². The van der Waals surface area contributed by atoms with E-state index in [0.29, 0.717) is 27.9 Å². The minimum Gasteiger partial charge on any atom is -0.406 e. The summed E-state index contributed by atoms with van der Waals surface area (Å²) >= 11 is 1.40. The van der Waals surface area contributed by atoms with Crippen LogP contribution in [-0.2, 0) is 5.75 Å². The molecule has 0 aliphatic rings. The zero-order valence-electron chi connectivity index (χ0n) is 17.5. The number of alkyl halides is 3. The predicted molar refractivity (Wildman–Crippen MR) is 122 cm³/mol. The first-order valence-electron chi connectivity index (χ1n) is 9.93. The third-order valence-electron chi connectivity index (χ3n) is 4.50. The molecule has 4 rings (SSSR count). The molecular weight excluding hydrogens is 463 g/mol. The molecular formula is C24H16F3N5OS. The highest BCUT2D eigenvalue weighted by atomic mass is 32.2. The average Bonchev–Trinajstić information content (AvgIpc) is 2.84. The first kappa shape index (κ1) is 23.1. The number of hydrogen-bond acceptors (Lipinski definition) is 7. The maximum atomic E-state index is 12.4. The van der Waals surface area contributed by atoms with E-state index in [1.165, 1.54) is 36.0 Å². The first-order valence-corrected chi connectivity index (χ1v) is 10.9. The minimum absolute atomic E-state index is 0.188. The van der Waals surface area contributed by atoms with Crippen LogP contribution in [0.3, 0.4) is 0 Å². The van der Waals surface area contributed by atoms with Gasteiger partial charge in [-0.1, -0.05) is 42.1 Å². The average molecular weight is 479 g/mol. The quantitative estimate of drug-likeness (QED) is 0.244.